The Kier molecular flexibility index (Phi) is 6.18. The number of hydrogen-bond acceptors (Lipinski definition) is 4. The highest BCUT2D eigenvalue weighted by molar-refractivity contribution is 9.10. The number of aliphatic hydroxyl groups excluding tert-OH is 1. The van der Waals surface area contributed by atoms with E-state index in [0.717, 1.165) is 10.0 Å². The summed E-state index contributed by atoms with van der Waals surface area (Å²) in [5, 5.41) is 9.24. The van der Waals surface area contributed by atoms with E-state index in [4.69, 9.17) is 4.74 Å². The van der Waals surface area contributed by atoms with Crippen molar-refractivity contribution in [2.24, 2.45) is 0 Å². The van der Waals surface area contributed by atoms with Crippen LogP contribution in [0, 0.1) is 0 Å². The zero-order valence-electron chi connectivity index (χ0n) is 10.1. The van der Waals surface area contributed by atoms with E-state index in [0.29, 0.717) is 0 Å². The SMILES string of the molecule is CCOC(O)C(=O)CC(=O)Cc1ccc(Br)cc1. The van der Waals surface area contributed by atoms with E-state index in [1.165, 1.54) is 0 Å². The summed E-state index contributed by atoms with van der Waals surface area (Å²) in [5.74, 6) is -0.833. The summed E-state index contributed by atoms with van der Waals surface area (Å²) in [6.45, 7) is 1.90. The summed E-state index contributed by atoms with van der Waals surface area (Å²) in [5.41, 5.74) is 0.835. The van der Waals surface area contributed by atoms with Crippen molar-refractivity contribution in [3.8, 4) is 0 Å². The van der Waals surface area contributed by atoms with Gasteiger partial charge in [0.25, 0.3) is 0 Å². The zero-order chi connectivity index (χ0) is 13.5. The standard InChI is InChI=1S/C13H15BrO4/c1-2-18-13(17)12(16)8-11(15)7-9-3-5-10(14)6-4-9/h3-6,13,17H,2,7-8H2,1H3. The molecule has 1 unspecified atom stereocenters. The van der Waals surface area contributed by atoms with Gasteiger partial charge in [0.1, 0.15) is 5.78 Å². The van der Waals surface area contributed by atoms with Gasteiger partial charge in [0.2, 0.25) is 6.29 Å². The predicted molar refractivity (Wildman–Crippen MR) is 70.1 cm³/mol. The molecule has 0 aliphatic rings. The average molecular weight is 315 g/mol. The molecular weight excluding hydrogens is 300 g/mol. The van der Waals surface area contributed by atoms with Gasteiger partial charge in [0.05, 0.1) is 6.42 Å². The number of aliphatic hydroxyl groups is 1. The Morgan fingerprint density at radius 1 is 1.33 bits per heavy atom. The number of halogens is 1. The third-order valence-electron chi connectivity index (χ3n) is 2.29. The van der Waals surface area contributed by atoms with Crippen LogP contribution in [0.2, 0.25) is 0 Å². The molecule has 0 saturated carbocycles. The van der Waals surface area contributed by atoms with E-state index in [9.17, 15) is 14.7 Å². The van der Waals surface area contributed by atoms with Gasteiger partial charge in [-0.2, -0.15) is 0 Å². The lowest BCUT2D eigenvalue weighted by molar-refractivity contribution is -0.156. The lowest BCUT2D eigenvalue weighted by Gasteiger charge is -2.08. The van der Waals surface area contributed by atoms with Crippen molar-refractivity contribution in [2.75, 3.05) is 6.61 Å². The topological polar surface area (TPSA) is 63.6 Å². The highest BCUT2D eigenvalue weighted by atomic mass is 79.9. The summed E-state index contributed by atoms with van der Waals surface area (Å²) in [7, 11) is 0. The van der Waals surface area contributed by atoms with Crippen molar-refractivity contribution in [3.63, 3.8) is 0 Å². The molecule has 1 atom stereocenters. The Labute approximate surface area is 114 Å². The number of benzene rings is 1. The number of rotatable bonds is 7. The fourth-order valence-corrected chi connectivity index (χ4v) is 1.69. The van der Waals surface area contributed by atoms with Crippen LogP contribution in [0.5, 0.6) is 0 Å². The molecule has 0 aliphatic carbocycles. The second-order valence-corrected chi connectivity index (χ2v) is 4.71. The molecule has 0 amide bonds. The van der Waals surface area contributed by atoms with Crippen LogP contribution in [0.25, 0.3) is 0 Å². The first-order valence-corrected chi connectivity index (χ1v) is 6.40. The number of ketones is 2. The molecule has 18 heavy (non-hydrogen) atoms. The number of carbonyl (C=O) groups is 2. The van der Waals surface area contributed by atoms with Gasteiger partial charge in [0, 0.05) is 17.5 Å². The first kappa shape index (κ1) is 15.0. The van der Waals surface area contributed by atoms with Crippen molar-refractivity contribution in [1.82, 2.24) is 0 Å². The van der Waals surface area contributed by atoms with Crippen molar-refractivity contribution in [3.05, 3.63) is 34.3 Å². The second kappa shape index (κ2) is 7.41. The molecule has 0 aromatic heterocycles. The van der Waals surface area contributed by atoms with Crippen molar-refractivity contribution in [1.29, 1.82) is 0 Å². The Balaban J connectivity index is 2.46. The van der Waals surface area contributed by atoms with Crippen LogP contribution in [0.1, 0.15) is 18.9 Å². The first-order valence-electron chi connectivity index (χ1n) is 5.61. The van der Waals surface area contributed by atoms with Gasteiger partial charge in [-0.3, -0.25) is 9.59 Å². The number of Topliss-reactive ketones (excluding diaryl/α,β-unsaturated/α-hetero) is 2. The smallest absolute Gasteiger partial charge is 0.215 e. The molecule has 1 rings (SSSR count). The van der Waals surface area contributed by atoms with Gasteiger partial charge in [-0.1, -0.05) is 28.1 Å². The van der Waals surface area contributed by atoms with Crippen LogP contribution in [0.15, 0.2) is 28.7 Å². The highest BCUT2D eigenvalue weighted by Gasteiger charge is 2.18. The number of ether oxygens (including phenoxy) is 1. The maximum Gasteiger partial charge on any atom is 0.215 e. The molecule has 5 heteroatoms. The van der Waals surface area contributed by atoms with Crippen LogP contribution < -0.4 is 0 Å². The highest BCUT2D eigenvalue weighted by Crippen LogP contribution is 2.11. The molecule has 4 nitrogen and oxygen atoms in total. The molecule has 0 radical (unpaired) electrons. The maximum atomic E-state index is 11.6. The molecule has 0 bridgehead atoms. The van der Waals surface area contributed by atoms with Gasteiger partial charge in [0.15, 0.2) is 5.78 Å². The zero-order valence-corrected chi connectivity index (χ0v) is 11.6. The Bertz CT molecular complexity index is 414. The molecule has 98 valence electrons. The van der Waals surface area contributed by atoms with Crippen molar-refractivity contribution >= 4 is 27.5 Å². The Morgan fingerprint density at radius 3 is 2.50 bits per heavy atom. The van der Waals surface area contributed by atoms with Gasteiger partial charge in [-0.05, 0) is 24.6 Å². The Hall–Kier alpha value is -1.04. The minimum absolute atomic E-state index is 0.178. The van der Waals surface area contributed by atoms with Gasteiger partial charge in [-0.25, -0.2) is 0 Å². The summed E-state index contributed by atoms with van der Waals surface area (Å²) in [6.07, 6.45) is -1.63. The lowest BCUT2D eigenvalue weighted by Crippen LogP contribution is -2.26. The van der Waals surface area contributed by atoms with Gasteiger partial charge < -0.3 is 9.84 Å². The lowest BCUT2D eigenvalue weighted by atomic mass is 10.1. The summed E-state index contributed by atoms with van der Waals surface area (Å²) in [6, 6.07) is 7.29. The molecular formula is C13H15BrO4. The summed E-state index contributed by atoms with van der Waals surface area (Å²) < 4.78 is 5.65. The van der Waals surface area contributed by atoms with Crippen LogP contribution >= 0.6 is 15.9 Å². The third kappa shape index (κ3) is 5.08. The molecule has 1 aromatic rings. The molecule has 0 aliphatic heterocycles. The van der Waals surface area contributed by atoms with Crippen molar-refractivity contribution in [2.45, 2.75) is 26.1 Å². The predicted octanol–water partition coefficient (Wildman–Crippen LogP) is 1.87. The molecule has 0 heterocycles. The molecule has 0 spiro atoms. The fourth-order valence-electron chi connectivity index (χ4n) is 1.42. The third-order valence-corrected chi connectivity index (χ3v) is 2.81. The maximum absolute atomic E-state index is 11.6. The molecule has 0 saturated heterocycles. The molecule has 1 N–H and O–H groups in total. The minimum Gasteiger partial charge on any atom is -0.362 e. The van der Waals surface area contributed by atoms with E-state index < -0.39 is 12.1 Å². The number of carbonyl (C=O) groups excluding carboxylic acids is 2. The van der Waals surface area contributed by atoms with E-state index >= 15 is 0 Å². The van der Waals surface area contributed by atoms with E-state index in [2.05, 4.69) is 15.9 Å². The largest absolute Gasteiger partial charge is 0.362 e. The van der Waals surface area contributed by atoms with E-state index in [1.54, 1.807) is 6.92 Å². The second-order valence-electron chi connectivity index (χ2n) is 3.79. The van der Waals surface area contributed by atoms with Crippen LogP contribution in [0.4, 0.5) is 0 Å². The number of hydrogen-bond donors (Lipinski definition) is 1. The van der Waals surface area contributed by atoms with Gasteiger partial charge >= 0.3 is 0 Å². The normalized spacial score (nSPS) is 12.2. The van der Waals surface area contributed by atoms with Gasteiger partial charge in [-0.15, -0.1) is 0 Å². The fraction of sp³-hybridized carbons (Fsp3) is 0.385. The van der Waals surface area contributed by atoms with Crippen molar-refractivity contribution < 1.29 is 19.4 Å². The average Bonchev–Trinajstić information content (AvgIpc) is 2.32. The quantitative estimate of drug-likeness (QED) is 0.616. The molecule has 1 aromatic carbocycles. The van der Waals surface area contributed by atoms with E-state index in [1.807, 2.05) is 24.3 Å². The monoisotopic (exact) mass is 314 g/mol. The summed E-state index contributed by atoms with van der Waals surface area (Å²) in [4.78, 5) is 23.0. The molecule has 0 fully saturated rings. The summed E-state index contributed by atoms with van der Waals surface area (Å²) >= 11 is 3.30. The van der Waals surface area contributed by atoms with Crippen LogP contribution in [0.3, 0.4) is 0 Å². The van der Waals surface area contributed by atoms with Crippen LogP contribution in [-0.4, -0.2) is 29.6 Å². The first-order chi connectivity index (χ1) is 8.52. The Morgan fingerprint density at radius 2 is 1.94 bits per heavy atom. The van der Waals surface area contributed by atoms with Crippen LogP contribution in [-0.2, 0) is 20.7 Å². The van der Waals surface area contributed by atoms with E-state index in [-0.39, 0.29) is 25.2 Å². The minimum atomic E-state index is -1.50.